The fourth-order valence-electron chi connectivity index (χ4n) is 3.36. The van der Waals surface area contributed by atoms with E-state index in [0.717, 1.165) is 19.3 Å². The fourth-order valence-corrected chi connectivity index (χ4v) is 3.36. The highest BCUT2D eigenvalue weighted by Gasteiger charge is 2.25. The summed E-state index contributed by atoms with van der Waals surface area (Å²) in [5, 5.41) is 3.07. The molecule has 1 heterocycles. The Morgan fingerprint density at radius 1 is 1.20 bits per heavy atom. The fraction of sp³-hybridized carbons (Fsp3) is 0.619. The Balaban J connectivity index is 1.81. The second-order valence-electron chi connectivity index (χ2n) is 8.21. The molecule has 4 heteroatoms. The van der Waals surface area contributed by atoms with E-state index in [1.165, 1.54) is 16.7 Å². The number of hydrogen-bond donors (Lipinski definition) is 1. The number of aryl methyl sites for hydroxylation is 1. The maximum Gasteiger partial charge on any atom is 0.223 e. The summed E-state index contributed by atoms with van der Waals surface area (Å²) in [5.74, 6) is 0.278. The Kier molecular flexibility index (Phi) is 6.26. The first-order chi connectivity index (χ1) is 11.7. The molecule has 25 heavy (non-hydrogen) atoms. The molecule has 4 nitrogen and oxygen atoms in total. The molecule has 2 rings (SSSR count). The number of piperidine rings is 1. The zero-order valence-corrected chi connectivity index (χ0v) is 16.3. The van der Waals surface area contributed by atoms with E-state index in [1.54, 1.807) is 6.92 Å². The van der Waals surface area contributed by atoms with Crippen LogP contribution in [0.15, 0.2) is 18.2 Å². The number of carbonyl (C=O) groups excluding carboxylic acids is 2. The van der Waals surface area contributed by atoms with Crippen LogP contribution in [0.1, 0.15) is 57.2 Å². The van der Waals surface area contributed by atoms with Gasteiger partial charge in [0.25, 0.3) is 0 Å². The monoisotopic (exact) mass is 344 g/mol. The molecule has 1 N–H and O–H groups in total. The van der Waals surface area contributed by atoms with Gasteiger partial charge in [-0.25, -0.2) is 0 Å². The average molecular weight is 344 g/mol. The van der Waals surface area contributed by atoms with E-state index in [2.05, 4.69) is 51.2 Å². The minimum absolute atomic E-state index is 0.0416. The Hall–Kier alpha value is -1.84. The number of likely N-dealkylation sites (tertiary alicyclic amines) is 1. The highest BCUT2D eigenvalue weighted by atomic mass is 16.2. The lowest BCUT2D eigenvalue weighted by molar-refractivity contribution is -0.133. The zero-order valence-electron chi connectivity index (χ0n) is 16.3. The van der Waals surface area contributed by atoms with E-state index < -0.39 is 0 Å². The number of benzene rings is 1. The number of nitrogens with zero attached hydrogens (tertiary/aromatic N) is 1. The predicted octanol–water partition coefficient (Wildman–Crippen LogP) is 3.21. The molecule has 1 aliphatic rings. The minimum atomic E-state index is 0.0416. The topological polar surface area (TPSA) is 49.4 Å². The number of hydrogen-bond acceptors (Lipinski definition) is 2. The quantitative estimate of drug-likeness (QED) is 0.912. The van der Waals surface area contributed by atoms with E-state index in [0.29, 0.717) is 19.6 Å². The lowest BCUT2D eigenvalue weighted by Gasteiger charge is -2.30. The SMILES string of the molecule is CC(=O)N1CCC(C(=O)NCCc2ccc(C(C)(C)C)cc2C)CC1. The van der Waals surface area contributed by atoms with Gasteiger partial charge in [0.15, 0.2) is 0 Å². The normalized spacial score (nSPS) is 16.0. The molecule has 1 aliphatic heterocycles. The largest absolute Gasteiger partial charge is 0.356 e. The van der Waals surface area contributed by atoms with Crippen molar-refractivity contribution in [3.05, 3.63) is 34.9 Å². The second kappa shape index (κ2) is 8.03. The molecule has 0 unspecified atom stereocenters. The van der Waals surface area contributed by atoms with E-state index in [9.17, 15) is 9.59 Å². The van der Waals surface area contributed by atoms with E-state index in [1.807, 2.05) is 4.90 Å². The van der Waals surface area contributed by atoms with Crippen molar-refractivity contribution in [1.82, 2.24) is 10.2 Å². The van der Waals surface area contributed by atoms with Crippen LogP contribution < -0.4 is 5.32 Å². The van der Waals surface area contributed by atoms with Gasteiger partial charge in [0.05, 0.1) is 0 Å². The van der Waals surface area contributed by atoms with E-state index in [-0.39, 0.29) is 23.1 Å². The number of nitrogens with one attached hydrogen (secondary N) is 1. The van der Waals surface area contributed by atoms with Gasteiger partial charge in [0.1, 0.15) is 0 Å². The van der Waals surface area contributed by atoms with Crippen LogP contribution >= 0.6 is 0 Å². The third kappa shape index (κ3) is 5.32. The molecule has 0 spiro atoms. The van der Waals surface area contributed by atoms with Gasteiger partial charge in [-0.3, -0.25) is 9.59 Å². The number of rotatable bonds is 4. The summed E-state index contributed by atoms with van der Waals surface area (Å²) in [6.45, 7) is 12.5. The molecule has 1 saturated heterocycles. The van der Waals surface area contributed by atoms with Crippen molar-refractivity contribution in [1.29, 1.82) is 0 Å². The lowest BCUT2D eigenvalue weighted by Crippen LogP contribution is -2.42. The molecule has 0 aromatic heterocycles. The number of amides is 2. The molecular formula is C21H32N2O2. The van der Waals surface area contributed by atoms with Crippen LogP contribution in [0, 0.1) is 12.8 Å². The van der Waals surface area contributed by atoms with Crippen LogP contribution in [0.3, 0.4) is 0 Å². The van der Waals surface area contributed by atoms with Crippen LogP contribution in [0.2, 0.25) is 0 Å². The Labute approximate surface area is 152 Å². The molecule has 1 aromatic rings. The molecule has 0 aliphatic carbocycles. The van der Waals surface area contributed by atoms with Gasteiger partial charge in [-0.2, -0.15) is 0 Å². The van der Waals surface area contributed by atoms with Gasteiger partial charge in [0, 0.05) is 32.5 Å². The smallest absolute Gasteiger partial charge is 0.223 e. The van der Waals surface area contributed by atoms with Crippen molar-refractivity contribution >= 4 is 11.8 Å². The summed E-state index contributed by atoms with van der Waals surface area (Å²) in [5.41, 5.74) is 4.08. The van der Waals surface area contributed by atoms with Crippen molar-refractivity contribution in [2.24, 2.45) is 5.92 Å². The van der Waals surface area contributed by atoms with Gasteiger partial charge in [-0.05, 0) is 48.3 Å². The average Bonchev–Trinajstić information content (AvgIpc) is 2.55. The maximum absolute atomic E-state index is 12.3. The summed E-state index contributed by atoms with van der Waals surface area (Å²) in [7, 11) is 0. The van der Waals surface area contributed by atoms with Gasteiger partial charge in [-0.15, -0.1) is 0 Å². The van der Waals surface area contributed by atoms with Crippen molar-refractivity contribution in [3.8, 4) is 0 Å². The summed E-state index contributed by atoms with van der Waals surface area (Å²) < 4.78 is 0. The van der Waals surface area contributed by atoms with Gasteiger partial charge >= 0.3 is 0 Å². The van der Waals surface area contributed by atoms with E-state index in [4.69, 9.17) is 0 Å². The Bertz CT molecular complexity index is 623. The molecule has 0 atom stereocenters. The third-order valence-corrected chi connectivity index (χ3v) is 5.21. The van der Waals surface area contributed by atoms with Crippen molar-refractivity contribution in [3.63, 3.8) is 0 Å². The molecular weight excluding hydrogens is 312 g/mol. The van der Waals surface area contributed by atoms with Gasteiger partial charge in [0.2, 0.25) is 11.8 Å². The van der Waals surface area contributed by atoms with Crippen LogP contribution in [0.25, 0.3) is 0 Å². The Morgan fingerprint density at radius 3 is 2.36 bits per heavy atom. The first kappa shape index (κ1) is 19.5. The highest BCUT2D eigenvalue weighted by molar-refractivity contribution is 5.79. The van der Waals surface area contributed by atoms with Crippen LogP contribution in [0.5, 0.6) is 0 Å². The second-order valence-corrected chi connectivity index (χ2v) is 8.21. The molecule has 0 radical (unpaired) electrons. The van der Waals surface area contributed by atoms with Crippen LogP contribution in [0.4, 0.5) is 0 Å². The van der Waals surface area contributed by atoms with Gasteiger partial charge in [-0.1, -0.05) is 39.0 Å². The van der Waals surface area contributed by atoms with Crippen LogP contribution in [-0.2, 0) is 21.4 Å². The van der Waals surface area contributed by atoms with Crippen molar-refractivity contribution in [2.75, 3.05) is 19.6 Å². The maximum atomic E-state index is 12.3. The minimum Gasteiger partial charge on any atom is -0.356 e. The van der Waals surface area contributed by atoms with Crippen LogP contribution in [-0.4, -0.2) is 36.3 Å². The molecule has 0 bridgehead atoms. The summed E-state index contributed by atoms with van der Waals surface area (Å²) in [4.78, 5) is 25.5. The first-order valence-corrected chi connectivity index (χ1v) is 9.31. The van der Waals surface area contributed by atoms with Crippen molar-refractivity contribution in [2.45, 2.75) is 59.3 Å². The lowest BCUT2D eigenvalue weighted by atomic mass is 9.85. The van der Waals surface area contributed by atoms with Crippen molar-refractivity contribution < 1.29 is 9.59 Å². The molecule has 138 valence electrons. The molecule has 2 amide bonds. The third-order valence-electron chi connectivity index (χ3n) is 5.21. The molecule has 0 saturated carbocycles. The summed E-state index contributed by atoms with van der Waals surface area (Å²) in [6.07, 6.45) is 2.39. The Morgan fingerprint density at radius 2 is 1.84 bits per heavy atom. The standard InChI is InChI=1S/C21H32N2O2/c1-15-14-19(21(3,4)5)7-6-17(15)8-11-22-20(25)18-9-12-23(13-10-18)16(2)24/h6-7,14,18H,8-13H2,1-5H3,(H,22,25). The highest BCUT2D eigenvalue weighted by Crippen LogP contribution is 2.24. The summed E-state index contributed by atoms with van der Waals surface area (Å²) >= 11 is 0. The number of carbonyl (C=O) groups is 2. The summed E-state index contributed by atoms with van der Waals surface area (Å²) in [6, 6.07) is 6.64. The van der Waals surface area contributed by atoms with E-state index >= 15 is 0 Å². The first-order valence-electron chi connectivity index (χ1n) is 9.31. The van der Waals surface area contributed by atoms with Gasteiger partial charge < -0.3 is 10.2 Å². The molecule has 1 fully saturated rings. The predicted molar refractivity (Wildman–Crippen MR) is 102 cm³/mol. The zero-order chi connectivity index (χ0) is 18.6. The molecule has 1 aromatic carbocycles.